The van der Waals surface area contributed by atoms with Crippen LogP contribution in [0.15, 0.2) is 30.5 Å². The summed E-state index contributed by atoms with van der Waals surface area (Å²) in [5.74, 6) is 0.128. The first-order chi connectivity index (χ1) is 8.77. The maximum Gasteiger partial charge on any atom is 0.256 e. The molecule has 0 saturated heterocycles. The summed E-state index contributed by atoms with van der Waals surface area (Å²) in [4.78, 5) is 17.5. The number of hydrogen-bond donors (Lipinski definition) is 1. The highest BCUT2D eigenvalue weighted by molar-refractivity contribution is 6.06. The van der Waals surface area contributed by atoms with Crippen molar-refractivity contribution in [2.75, 3.05) is 13.1 Å². The van der Waals surface area contributed by atoms with Crippen LogP contribution in [0.4, 0.5) is 0 Å². The van der Waals surface area contributed by atoms with E-state index in [4.69, 9.17) is 0 Å². The molecule has 1 N–H and O–H groups in total. The number of benzene rings is 1. The minimum Gasteiger partial charge on any atom is -0.360 e. The van der Waals surface area contributed by atoms with Crippen LogP contribution in [0.25, 0.3) is 10.9 Å². The van der Waals surface area contributed by atoms with Crippen LogP contribution in [-0.2, 0) is 0 Å². The Labute approximate surface area is 108 Å². The molecule has 0 saturated carbocycles. The second-order valence-electron chi connectivity index (χ2n) is 4.49. The quantitative estimate of drug-likeness (QED) is 0.859. The average molecular weight is 244 g/mol. The van der Waals surface area contributed by atoms with Crippen LogP contribution in [0.1, 0.15) is 37.0 Å². The van der Waals surface area contributed by atoms with E-state index in [0.717, 1.165) is 42.4 Å². The summed E-state index contributed by atoms with van der Waals surface area (Å²) in [6.45, 7) is 5.77. The Kier molecular flexibility index (Phi) is 4.03. The van der Waals surface area contributed by atoms with Gasteiger partial charge in [0.15, 0.2) is 0 Å². The van der Waals surface area contributed by atoms with Crippen molar-refractivity contribution in [3.05, 3.63) is 36.0 Å². The van der Waals surface area contributed by atoms with E-state index in [1.54, 1.807) is 0 Å². The molecule has 0 bridgehead atoms. The van der Waals surface area contributed by atoms with Crippen LogP contribution in [0, 0.1) is 0 Å². The van der Waals surface area contributed by atoms with Gasteiger partial charge in [0.25, 0.3) is 5.91 Å². The number of hydrogen-bond acceptors (Lipinski definition) is 1. The van der Waals surface area contributed by atoms with Gasteiger partial charge >= 0.3 is 0 Å². The van der Waals surface area contributed by atoms with Gasteiger partial charge in [-0.2, -0.15) is 0 Å². The Morgan fingerprint density at radius 2 is 2.06 bits per heavy atom. The van der Waals surface area contributed by atoms with Crippen molar-refractivity contribution in [3.63, 3.8) is 0 Å². The summed E-state index contributed by atoms with van der Waals surface area (Å²) >= 11 is 0. The van der Waals surface area contributed by atoms with E-state index in [9.17, 15) is 4.79 Å². The summed E-state index contributed by atoms with van der Waals surface area (Å²) < 4.78 is 0. The average Bonchev–Trinajstić information content (AvgIpc) is 2.83. The van der Waals surface area contributed by atoms with Crippen LogP contribution in [0.2, 0.25) is 0 Å². The monoisotopic (exact) mass is 244 g/mol. The van der Waals surface area contributed by atoms with E-state index >= 15 is 0 Å². The number of carbonyl (C=O) groups is 1. The second-order valence-corrected chi connectivity index (χ2v) is 4.49. The van der Waals surface area contributed by atoms with Gasteiger partial charge in [0, 0.05) is 30.2 Å². The van der Waals surface area contributed by atoms with Crippen LogP contribution >= 0.6 is 0 Å². The predicted octanol–water partition coefficient (Wildman–Crippen LogP) is 3.43. The van der Waals surface area contributed by atoms with Gasteiger partial charge in [-0.3, -0.25) is 4.79 Å². The Balaban J connectivity index is 2.26. The number of rotatable bonds is 5. The lowest BCUT2D eigenvalue weighted by Crippen LogP contribution is -2.31. The van der Waals surface area contributed by atoms with Crippen molar-refractivity contribution < 1.29 is 4.79 Å². The fourth-order valence-electron chi connectivity index (χ4n) is 2.17. The van der Waals surface area contributed by atoms with Crippen LogP contribution in [-0.4, -0.2) is 28.9 Å². The smallest absolute Gasteiger partial charge is 0.256 e. The van der Waals surface area contributed by atoms with Gasteiger partial charge in [0.2, 0.25) is 0 Å². The molecule has 0 fully saturated rings. The van der Waals surface area contributed by atoms with Gasteiger partial charge < -0.3 is 9.88 Å². The Hall–Kier alpha value is -1.77. The molecule has 0 unspecified atom stereocenters. The van der Waals surface area contributed by atoms with E-state index in [-0.39, 0.29) is 5.91 Å². The molecule has 1 amide bonds. The highest BCUT2D eigenvalue weighted by atomic mass is 16.2. The molecular weight excluding hydrogens is 224 g/mol. The van der Waals surface area contributed by atoms with Gasteiger partial charge in [0.05, 0.1) is 5.56 Å². The van der Waals surface area contributed by atoms with E-state index < -0.39 is 0 Å². The third-order valence-corrected chi connectivity index (χ3v) is 3.27. The number of unbranched alkanes of at least 4 members (excludes halogenated alkanes) is 1. The van der Waals surface area contributed by atoms with E-state index in [1.165, 1.54) is 0 Å². The number of nitrogens with one attached hydrogen (secondary N) is 1. The topological polar surface area (TPSA) is 36.1 Å². The van der Waals surface area contributed by atoms with Crippen molar-refractivity contribution in [1.82, 2.24) is 9.88 Å². The Bertz CT molecular complexity index is 530. The van der Waals surface area contributed by atoms with E-state index in [1.807, 2.05) is 42.3 Å². The minimum atomic E-state index is 0.128. The van der Waals surface area contributed by atoms with Gasteiger partial charge in [-0.05, 0) is 19.4 Å². The van der Waals surface area contributed by atoms with Gasteiger partial charge in [-0.25, -0.2) is 0 Å². The molecule has 0 spiro atoms. The predicted molar refractivity (Wildman–Crippen MR) is 74.8 cm³/mol. The molecule has 2 rings (SSSR count). The van der Waals surface area contributed by atoms with E-state index in [2.05, 4.69) is 11.9 Å². The highest BCUT2D eigenvalue weighted by Crippen LogP contribution is 2.19. The van der Waals surface area contributed by atoms with E-state index in [0.29, 0.717) is 0 Å². The number of carbonyl (C=O) groups excluding carboxylic acids is 1. The molecule has 1 aromatic heterocycles. The number of H-pyrrole nitrogens is 1. The number of aromatic amines is 1. The molecule has 3 nitrogen and oxygen atoms in total. The zero-order chi connectivity index (χ0) is 13.0. The molecule has 2 aromatic rings. The molecule has 18 heavy (non-hydrogen) atoms. The molecule has 1 heterocycles. The summed E-state index contributed by atoms with van der Waals surface area (Å²) in [5, 5.41) is 1.01. The Morgan fingerprint density at radius 3 is 2.78 bits per heavy atom. The SMILES string of the molecule is CCCCN(CC)C(=O)c1c[nH]c2ccccc12. The van der Waals surface area contributed by atoms with Crippen molar-refractivity contribution >= 4 is 16.8 Å². The normalized spacial score (nSPS) is 10.8. The molecular formula is C15H20N2O. The summed E-state index contributed by atoms with van der Waals surface area (Å²) in [7, 11) is 0. The van der Waals surface area contributed by atoms with Crippen LogP contribution < -0.4 is 0 Å². The zero-order valence-corrected chi connectivity index (χ0v) is 11.1. The first-order valence-electron chi connectivity index (χ1n) is 6.63. The lowest BCUT2D eigenvalue weighted by Gasteiger charge is -2.20. The number of aromatic nitrogens is 1. The Morgan fingerprint density at radius 1 is 1.28 bits per heavy atom. The molecule has 0 radical (unpaired) electrons. The number of para-hydroxylation sites is 1. The zero-order valence-electron chi connectivity index (χ0n) is 11.1. The molecule has 1 aromatic carbocycles. The molecule has 3 heteroatoms. The van der Waals surface area contributed by atoms with Crippen LogP contribution in [0.3, 0.4) is 0 Å². The molecule has 0 aliphatic carbocycles. The lowest BCUT2D eigenvalue weighted by atomic mass is 10.1. The van der Waals surface area contributed by atoms with Gasteiger partial charge in [0.1, 0.15) is 0 Å². The van der Waals surface area contributed by atoms with Crippen molar-refractivity contribution in [2.24, 2.45) is 0 Å². The molecule has 96 valence electrons. The maximum absolute atomic E-state index is 12.5. The van der Waals surface area contributed by atoms with Crippen molar-refractivity contribution in [3.8, 4) is 0 Å². The molecule has 0 aliphatic heterocycles. The van der Waals surface area contributed by atoms with Crippen molar-refractivity contribution in [1.29, 1.82) is 0 Å². The minimum absolute atomic E-state index is 0.128. The number of fused-ring (bicyclic) bond motifs is 1. The summed E-state index contributed by atoms with van der Waals surface area (Å²) in [6, 6.07) is 7.93. The third-order valence-electron chi connectivity index (χ3n) is 3.27. The number of amides is 1. The lowest BCUT2D eigenvalue weighted by molar-refractivity contribution is 0.0764. The molecule has 0 aliphatic rings. The van der Waals surface area contributed by atoms with Gasteiger partial charge in [-0.1, -0.05) is 31.5 Å². The fraction of sp³-hybridized carbons (Fsp3) is 0.400. The number of nitrogens with zero attached hydrogens (tertiary/aromatic N) is 1. The highest BCUT2D eigenvalue weighted by Gasteiger charge is 2.17. The first kappa shape index (κ1) is 12.7. The largest absolute Gasteiger partial charge is 0.360 e. The van der Waals surface area contributed by atoms with Crippen LogP contribution in [0.5, 0.6) is 0 Å². The third kappa shape index (κ3) is 2.40. The maximum atomic E-state index is 12.5. The second kappa shape index (κ2) is 5.71. The first-order valence-corrected chi connectivity index (χ1v) is 6.63. The molecule has 0 atom stereocenters. The summed E-state index contributed by atoms with van der Waals surface area (Å²) in [6.07, 6.45) is 3.99. The summed E-state index contributed by atoms with van der Waals surface area (Å²) in [5.41, 5.74) is 1.80. The fourth-order valence-corrected chi connectivity index (χ4v) is 2.17. The van der Waals surface area contributed by atoms with Crippen molar-refractivity contribution in [2.45, 2.75) is 26.7 Å². The standard InChI is InChI=1S/C15H20N2O/c1-3-5-10-17(4-2)15(18)13-11-16-14-9-7-6-8-12(13)14/h6-9,11,16H,3-5,10H2,1-2H3. The van der Waals surface area contributed by atoms with Gasteiger partial charge in [-0.15, -0.1) is 0 Å².